The molecule has 8 nitrogen and oxygen atoms in total. The minimum atomic E-state index is -0.00699. The number of hydrogen-bond donors (Lipinski definition) is 1. The summed E-state index contributed by atoms with van der Waals surface area (Å²) in [7, 11) is 0. The van der Waals surface area contributed by atoms with Gasteiger partial charge in [0.25, 0.3) is 5.78 Å². The number of aromatic nitrogens is 4. The molecule has 3 heterocycles. The van der Waals surface area contributed by atoms with Gasteiger partial charge in [-0.2, -0.15) is 14.6 Å². The highest BCUT2D eigenvalue weighted by Gasteiger charge is 2.36. The second kappa shape index (κ2) is 6.42. The average Bonchev–Trinajstić information content (AvgIpc) is 3.22. The van der Waals surface area contributed by atoms with Gasteiger partial charge in [0.15, 0.2) is 0 Å². The molecule has 0 radical (unpaired) electrons. The highest BCUT2D eigenvalue weighted by molar-refractivity contribution is 6.02. The van der Waals surface area contributed by atoms with E-state index in [4.69, 9.17) is 0 Å². The quantitative estimate of drug-likeness (QED) is 0.848. The highest BCUT2D eigenvalue weighted by Crippen LogP contribution is 2.29. The summed E-state index contributed by atoms with van der Waals surface area (Å²) in [5, 5.41) is 7.79. The number of nitrogens with zero attached hydrogens (tertiary/aromatic N) is 5. The van der Waals surface area contributed by atoms with E-state index in [2.05, 4.69) is 27.3 Å². The minimum Gasteiger partial charge on any atom is -0.367 e. The van der Waals surface area contributed by atoms with E-state index < -0.39 is 0 Å². The Hall–Kier alpha value is -2.51. The third kappa shape index (κ3) is 2.96. The molecule has 1 N–H and O–H groups in total. The molecule has 0 aromatic carbocycles. The predicted octanol–water partition coefficient (Wildman–Crippen LogP) is 1.56. The van der Waals surface area contributed by atoms with E-state index in [1.807, 2.05) is 6.07 Å². The summed E-state index contributed by atoms with van der Waals surface area (Å²) in [6, 6.07) is 2.38. The van der Waals surface area contributed by atoms with Gasteiger partial charge in [0.1, 0.15) is 12.1 Å². The molecule has 1 saturated carbocycles. The fraction of sp³-hybridized carbons (Fsp3) is 0.588. The molecular formula is C17H22N6O2. The molecular weight excluding hydrogens is 320 g/mol. The van der Waals surface area contributed by atoms with E-state index >= 15 is 0 Å². The van der Waals surface area contributed by atoms with Crippen LogP contribution in [0.2, 0.25) is 0 Å². The second-order valence-corrected chi connectivity index (χ2v) is 6.77. The summed E-state index contributed by atoms with van der Waals surface area (Å²) in [6.45, 7) is 2.06. The lowest BCUT2D eigenvalue weighted by Crippen LogP contribution is -2.43. The Balaban J connectivity index is 1.45. The van der Waals surface area contributed by atoms with Crippen LogP contribution in [0.5, 0.6) is 0 Å². The first kappa shape index (κ1) is 16.0. The molecule has 1 saturated heterocycles. The summed E-state index contributed by atoms with van der Waals surface area (Å²) in [5.74, 6) is 1.49. The molecule has 0 spiro atoms. The molecule has 25 heavy (non-hydrogen) atoms. The number of rotatable bonds is 4. The van der Waals surface area contributed by atoms with E-state index in [-0.39, 0.29) is 17.9 Å². The summed E-state index contributed by atoms with van der Waals surface area (Å²) in [5.41, 5.74) is 0.977. The lowest BCUT2D eigenvalue weighted by Gasteiger charge is -2.34. The number of hydrogen-bond acceptors (Lipinski definition) is 6. The van der Waals surface area contributed by atoms with Crippen molar-refractivity contribution in [1.29, 1.82) is 0 Å². The third-order valence-electron chi connectivity index (χ3n) is 5.17. The monoisotopic (exact) mass is 342 g/mol. The lowest BCUT2D eigenvalue weighted by atomic mass is 9.90. The van der Waals surface area contributed by atoms with Gasteiger partial charge in [-0.25, -0.2) is 4.98 Å². The number of fused-ring (bicyclic) bond motifs is 1. The molecule has 2 amide bonds. The van der Waals surface area contributed by atoms with Crippen LogP contribution in [-0.4, -0.2) is 48.4 Å². The lowest BCUT2D eigenvalue weighted by molar-refractivity contribution is -0.141. The SMILES string of the molecule is CCc1cc(NC2CCC(N3C(=O)CCC3=O)CC2)n2ncnc2n1. The fourth-order valence-electron chi connectivity index (χ4n) is 3.83. The van der Waals surface area contributed by atoms with Gasteiger partial charge in [0, 0.05) is 36.7 Å². The summed E-state index contributed by atoms with van der Waals surface area (Å²) >= 11 is 0. The van der Waals surface area contributed by atoms with Gasteiger partial charge in [-0.05, 0) is 32.1 Å². The van der Waals surface area contributed by atoms with Crippen molar-refractivity contribution in [3.05, 3.63) is 18.1 Å². The van der Waals surface area contributed by atoms with Crippen LogP contribution in [0.4, 0.5) is 5.82 Å². The van der Waals surface area contributed by atoms with Crippen molar-refractivity contribution in [1.82, 2.24) is 24.5 Å². The van der Waals surface area contributed by atoms with Crippen molar-refractivity contribution in [2.75, 3.05) is 5.32 Å². The van der Waals surface area contributed by atoms with E-state index in [1.165, 1.54) is 11.2 Å². The Kier molecular flexibility index (Phi) is 4.10. The first-order valence-electron chi connectivity index (χ1n) is 8.96. The molecule has 0 unspecified atom stereocenters. The van der Waals surface area contributed by atoms with Gasteiger partial charge >= 0.3 is 0 Å². The van der Waals surface area contributed by atoms with Crippen LogP contribution in [0.3, 0.4) is 0 Å². The third-order valence-corrected chi connectivity index (χ3v) is 5.17. The number of amides is 2. The van der Waals surface area contributed by atoms with Crippen LogP contribution < -0.4 is 5.32 Å². The molecule has 2 aromatic rings. The van der Waals surface area contributed by atoms with E-state index in [0.717, 1.165) is 43.6 Å². The van der Waals surface area contributed by atoms with Gasteiger partial charge in [-0.1, -0.05) is 6.92 Å². The van der Waals surface area contributed by atoms with E-state index in [1.54, 1.807) is 4.52 Å². The van der Waals surface area contributed by atoms with Gasteiger partial charge in [-0.3, -0.25) is 14.5 Å². The Morgan fingerprint density at radius 2 is 1.88 bits per heavy atom. The van der Waals surface area contributed by atoms with Gasteiger partial charge in [0.05, 0.1) is 0 Å². The smallest absolute Gasteiger partial charge is 0.254 e. The maximum absolute atomic E-state index is 11.9. The molecule has 2 fully saturated rings. The number of imide groups is 1. The molecule has 1 aliphatic carbocycles. The van der Waals surface area contributed by atoms with Gasteiger partial charge < -0.3 is 5.32 Å². The number of aryl methyl sites for hydroxylation is 1. The molecule has 4 rings (SSSR count). The predicted molar refractivity (Wildman–Crippen MR) is 90.9 cm³/mol. The number of anilines is 1. The van der Waals surface area contributed by atoms with Crippen LogP contribution in [0.1, 0.15) is 51.1 Å². The average molecular weight is 342 g/mol. The number of likely N-dealkylation sites (tertiary alicyclic amines) is 1. The first-order valence-corrected chi connectivity index (χ1v) is 8.96. The Bertz CT molecular complexity index is 793. The van der Waals surface area contributed by atoms with Crippen LogP contribution >= 0.6 is 0 Å². The zero-order chi connectivity index (χ0) is 17.4. The van der Waals surface area contributed by atoms with Crippen molar-refractivity contribution >= 4 is 23.4 Å². The molecule has 2 aliphatic rings. The second-order valence-electron chi connectivity index (χ2n) is 6.77. The molecule has 0 bridgehead atoms. The van der Waals surface area contributed by atoms with Crippen LogP contribution in [-0.2, 0) is 16.0 Å². The van der Waals surface area contributed by atoms with Crippen LogP contribution in [0.15, 0.2) is 12.4 Å². The van der Waals surface area contributed by atoms with Gasteiger partial charge in [0.2, 0.25) is 11.8 Å². The topological polar surface area (TPSA) is 92.5 Å². The van der Waals surface area contributed by atoms with Crippen molar-refractivity contribution in [3.63, 3.8) is 0 Å². The van der Waals surface area contributed by atoms with Crippen LogP contribution in [0, 0.1) is 0 Å². The van der Waals surface area contributed by atoms with Crippen molar-refractivity contribution in [3.8, 4) is 0 Å². The zero-order valence-electron chi connectivity index (χ0n) is 14.3. The summed E-state index contributed by atoms with van der Waals surface area (Å²) in [6.07, 6.45) is 6.63. The summed E-state index contributed by atoms with van der Waals surface area (Å²) < 4.78 is 1.72. The molecule has 2 aromatic heterocycles. The largest absolute Gasteiger partial charge is 0.367 e. The van der Waals surface area contributed by atoms with E-state index in [0.29, 0.717) is 24.7 Å². The minimum absolute atomic E-state index is 0.00699. The Labute approximate surface area is 145 Å². The first-order chi connectivity index (χ1) is 12.2. The normalized spacial score (nSPS) is 24.3. The van der Waals surface area contributed by atoms with Crippen molar-refractivity contribution in [2.24, 2.45) is 0 Å². The fourth-order valence-corrected chi connectivity index (χ4v) is 3.83. The Morgan fingerprint density at radius 1 is 1.16 bits per heavy atom. The zero-order valence-corrected chi connectivity index (χ0v) is 14.3. The highest BCUT2D eigenvalue weighted by atomic mass is 16.2. The molecule has 0 atom stereocenters. The maximum Gasteiger partial charge on any atom is 0.254 e. The number of carbonyl (C=O) groups is 2. The van der Waals surface area contributed by atoms with Crippen LogP contribution in [0.25, 0.3) is 5.78 Å². The van der Waals surface area contributed by atoms with Gasteiger partial charge in [-0.15, -0.1) is 0 Å². The standard InChI is InChI=1S/C17H22N6O2/c1-2-11-9-14(23-17(21-11)18-10-19-23)20-12-3-5-13(6-4-12)22-15(24)7-8-16(22)25/h9-10,12-13,20H,2-8H2,1H3. The Morgan fingerprint density at radius 3 is 2.56 bits per heavy atom. The molecule has 8 heteroatoms. The maximum atomic E-state index is 11.9. The number of nitrogens with one attached hydrogen (secondary N) is 1. The molecule has 132 valence electrons. The van der Waals surface area contributed by atoms with Crippen molar-refractivity contribution in [2.45, 2.75) is 64.0 Å². The summed E-state index contributed by atoms with van der Waals surface area (Å²) in [4.78, 5) is 34.0. The number of carbonyl (C=O) groups excluding carboxylic acids is 2. The van der Waals surface area contributed by atoms with Crippen molar-refractivity contribution < 1.29 is 9.59 Å². The van der Waals surface area contributed by atoms with E-state index in [9.17, 15) is 9.59 Å². The molecule has 1 aliphatic heterocycles.